The van der Waals surface area contributed by atoms with Crippen molar-refractivity contribution in [3.8, 4) is 10.6 Å². The number of hydrogen-bond donors (Lipinski definition) is 1. The van der Waals surface area contributed by atoms with E-state index < -0.39 is 23.5 Å². The number of alkyl halides is 3. The number of hydrogen-bond acceptors (Lipinski definition) is 4. The van der Waals surface area contributed by atoms with Gasteiger partial charge in [-0.25, -0.2) is 14.8 Å². The molecule has 0 saturated heterocycles. The average molecular weight is 288 g/mol. The Morgan fingerprint density at radius 1 is 1.42 bits per heavy atom. The zero-order chi connectivity index (χ0) is 14.2. The summed E-state index contributed by atoms with van der Waals surface area (Å²) in [5.74, 6) is -1.77. The van der Waals surface area contributed by atoms with E-state index in [2.05, 4.69) is 9.97 Å². The van der Waals surface area contributed by atoms with Gasteiger partial charge in [0, 0.05) is 11.6 Å². The number of carbonyl (C=O) groups is 1. The maximum Gasteiger partial charge on any atom is 0.417 e. The van der Waals surface area contributed by atoms with E-state index in [-0.39, 0.29) is 10.6 Å². The zero-order valence-electron chi connectivity index (χ0n) is 9.52. The predicted octanol–water partition coefficient (Wildman–Crippen LogP) is 3.23. The second kappa shape index (κ2) is 4.61. The van der Waals surface area contributed by atoms with Crippen molar-refractivity contribution >= 4 is 17.3 Å². The topological polar surface area (TPSA) is 63.1 Å². The summed E-state index contributed by atoms with van der Waals surface area (Å²) in [5, 5.41) is 9.75. The van der Waals surface area contributed by atoms with E-state index >= 15 is 0 Å². The molecule has 19 heavy (non-hydrogen) atoms. The SMILES string of the molecule is Cc1cnc(C(=O)O)nc1-c1cc(C(F)(F)F)cs1. The molecular weight excluding hydrogens is 281 g/mol. The summed E-state index contributed by atoms with van der Waals surface area (Å²) in [4.78, 5) is 18.4. The van der Waals surface area contributed by atoms with Crippen molar-refractivity contribution < 1.29 is 23.1 Å². The normalized spacial score (nSPS) is 11.6. The van der Waals surface area contributed by atoms with Crippen LogP contribution in [0.1, 0.15) is 21.7 Å². The Morgan fingerprint density at radius 2 is 2.11 bits per heavy atom. The highest BCUT2D eigenvalue weighted by molar-refractivity contribution is 7.13. The smallest absolute Gasteiger partial charge is 0.417 e. The Morgan fingerprint density at radius 3 is 2.63 bits per heavy atom. The molecule has 0 spiro atoms. The summed E-state index contributed by atoms with van der Waals surface area (Å²) in [6, 6.07) is 0.950. The minimum atomic E-state index is -4.43. The third kappa shape index (κ3) is 2.73. The first-order valence-corrected chi connectivity index (χ1v) is 5.90. The molecule has 1 N–H and O–H groups in total. The van der Waals surface area contributed by atoms with E-state index in [0.29, 0.717) is 5.56 Å². The molecule has 0 aliphatic carbocycles. The van der Waals surface area contributed by atoms with Crippen LogP contribution in [0.3, 0.4) is 0 Å². The van der Waals surface area contributed by atoms with Crippen molar-refractivity contribution in [1.82, 2.24) is 9.97 Å². The number of aromatic nitrogens is 2. The molecule has 2 aromatic heterocycles. The minimum absolute atomic E-state index is 0.202. The number of thiophene rings is 1. The number of aromatic carboxylic acids is 1. The molecule has 0 aliphatic heterocycles. The van der Waals surface area contributed by atoms with E-state index in [9.17, 15) is 18.0 Å². The lowest BCUT2D eigenvalue weighted by molar-refractivity contribution is -0.137. The monoisotopic (exact) mass is 288 g/mol. The van der Waals surface area contributed by atoms with Gasteiger partial charge in [-0.3, -0.25) is 0 Å². The first kappa shape index (κ1) is 13.5. The second-order valence-electron chi connectivity index (χ2n) is 3.73. The van der Waals surface area contributed by atoms with E-state index in [1.54, 1.807) is 6.92 Å². The van der Waals surface area contributed by atoms with Crippen LogP contribution in [0, 0.1) is 6.92 Å². The Balaban J connectivity index is 2.49. The molecule has 2 aromatic rings. The molecule has 0 fully saturated rings. The molecule has 0 amide bonds. The van der Waals surface area contributed by atoms with Crippen molar-refractivity contribution in [2.45, 2.75) is 13.1 Å². The Labute approximate surface area is 109 Å². The Bertz CT molecular complexity index is 637. The quantitative estimate of drug-likeness (QED) is 0.921. The van der Waals surface area contributed by atoms with Gasteiger partial charge >= 0.3 is 12.1 Å². The fourth-order valence-electron chi connectivity index (χ4n) is 1.40. The second-order valence-corrected chi connectivity index (χ2v) is 4.64. The van der Waals surface area contributed by atoms with Crippen molar-refractivity contribution in [2.75, 3.05) is 0 Å². The summed E-state index contributed by atoms with van der Waals surface area (Å²) >= 11 is 0.861. The predicted molar refractivity (Wildman–Crippen MR) is 62.0 cm³/mol. The van der Waals surface area contributed by atoms with Crippen molar-refractivity contribution in [1.29, 1.82) is 0 Å². The standard InChI is InChI=1S/C11H7F3N2O2S/c1-5-3-15-9(10(17)18)16-8(5)7-2-6(4-19-7)11(12,13)14/h2-4H,1H3,(H,17,18). The summed E-state index contributed by atoms with van der Waals surface area (Å²) in [5.41, 5.74) is -0.0594. The number of carboxylic acids is 1. The first-order valence-electron chi connectivity index (χ1n) is 5.02. The van der Waals surface area contributed by atoms with Crippen molar-refractivity contribution in [2.24, 2.45) is 0 Å². The number of rotatable bonds is 2. The summed E-state index contributed by atoms with van der Waals surface area (Å²) in [6.45, 7) is 1.61. The number of nitrogens with zero attached hydrogens (tertiary/aromatic N) is 2. The lowest BCUT2D eigenvalue weighted by Gasteiger charge is -2.03. The molecule has 0 bridgehead atoms. The van der Waals surface area contributed by atoms with E-state index in [1.165, 1.54) is 6.20 Å². The fourth-order valence-corrected chi connectivity index (χ4v) is 2.37. The van der Waals surface area contributed by atoms with Gasteiger partial charge in [0.15, 0.2) is 0 Å². The fraction of sp³-hybridized carbons (Fsp3) is 0.182. The van der Waals surface area contributed by atoms with Crippen LogP contribution in [-0.4, -0.2) is 21.0 Å². The number of halogens is 3. The molecule has 8 heteroatoms. The highest BCUT2D eigenvalue weighted by Crippen LogP contribution is 2.36. The summed E-state index contributed by atoms with van der Waals surface area (Å²) in [7, 11) is 0. The molecule has 2 heterocycles. The molecular formula is C11H7F3N2O2S. The van der Waals surface area contributed by atoms with Crippen LogP contribution in [-0.2, 0) is 6.18 Å². The van der Waals surface area contributed by atoms with Crippen LogP contribution < -0.4 is 0 Å². The minimum Gasteiger partial charge on any atom is -0.475 e. The summed E-state index contributed by atoms with van der Waals surface area (Å²) in [6.07, 6.45) is -3.15. The molecule has 0 aromatic carbocycles. The van der Waals surface area contributed by atoms with Crippen molar-refractivity contribution in [3.05, 3.63) is 34.6 Å². The van der Waals surface area contributed by atoms with Crippen molar-refractivity contribution in [3.63, 3.8) is 0 Å². The van der Waals surface area contributed by atoms with Gasteiger partial charge in [-0.05, 0) is 18.6 Å². The van der Waals surface area contributed by atoms with Crippen LogP contribution >= 0.6 is 11.3 Å². The van der Waals surface area contributed by atoms with Crippen LogP contribution in [0.2, 0.25) is 0 Å². The average Bonchev–Trinajstić information content (AvgIpc) is 2.78. The highest BCUT2D eigenvalue weighted by Gasteiger charge is 2.32. The summed E-state index contributed by atoms with van der Waals surface area (Å²) < 4.78 is 37.5. The van der Waals surface area contributed by atoms with E-state index in [4.69, 9.17) is 5.11 Å². The van der Waals surface area contributed by atoms with E-state index in [0.717, 1.165) is 22.8 Å². The third-order valence-corrected chi connectivity index (χ3v) is 3.26. The third-order valence-electron chi connectivity index (χ3n) is 2.32. The molecule has 4 nitrogen and oxygen atoms in total. The van der Waals surface area contributed by atoms with Crippen LogP contribution in [0.5, 0.6) is 0 Å². The molecule has 0 radical (unpaired) electrons. The van der Waals surface area contributed by atoms with E-state index in [1.807, 2.05) is 0 Å². The molecule has 0 unspecified atom stereocenters. The first-order chi connectivity index (χ1) is 8.79. The van der Waals surface area contributed by atoms with Crippen LogP contribution in [0.15, 0.2) is 17.6 Å². The zero-order valence-corrected chi connectivity index (χ0v) is 10.3. The van der Waals surface area contributed by atoms with Gasteiger partial charge in [-0.2, -0.15) is 13.2 Å². The highest BCUT2D eigenvalue weighted by atomic mass is 32.1. The van der Waals surface area contributed by atoms with Gasteiger partial charge in [-0.15, -0.1) is 11.3 Å². The molecule has 0 atom stereocenters. The lowest BCUT2D eigenvalue weighted by Crippen LogP contribution is -2.05. The maximum absolute atomic E-state index is 12.5. The van der Waals surface area contributed by atoms with Gasteiger partial charge in [0.2, 0.25) is 5.82 Å². The molecule has 0 saturated carbocycles. The van der Waals surface area contributed by atoms with Gasteiger partial charge in [0.25, 0.3) is 0 Å². The maximum atomic E-state index is 12.5. The number of carboxylic acid groups (broad SMARTS) is 1. The largest absolute Gasteiger partial charge is 0.475 e. The molecule has 2 rings (SSSR count). The van der Waals surface area contributed by atoms with Crippen LogP contribution in [0.25, 0.3) is 10.6 Å². The van der Waals surface area contributed by atoms with Gasteiger partial charge in [0.05, 0.1) is 16.1 Å². The molecule has 100 valence electrons. The lowest BCUT2D eigenvalue weighted by atomic mass is 10.2. The number of aryl methyl sites for hydroxylation is 1. The van der Waals surface area contributed by atoms with Crippen LogP contribution in [0.4, 0.5) is 13.2 Å². The Kier molecular flexibility index (Phi) is 3.27. The Hall–Kier alpha value is -1.96. The van der Waals surface area contributed by atoms with Gasteiger partial charge in [0.1, 0.15) is 0 Å². The van der Waals surface area contributed by atoms with Gasteiger partial charge < -0.3 is 5.11 Å². The van der Waals surface area contributed by atoms with Gasteiger partial charge in [-0.1, -0.05) is 0 Å². The molecule has 0 aliphatic rings.